The number of phenolic OH excluding ortho intramolecular Hbond substituents is 2. The predicted molar refractivity (Wildman–Crippen MR) is 317 cm³/mol. The summed E-state index contributed by atoms with van der Waals surface area (Å²) in [6.45, 7) is 12.4. The summed E-state index contributed by atoms with van der Waals surface area (Å²) in [5.74, 6) is 3.78. The first-order valence-electron chi connectivity index (χ1n) is 29.5. The molecule has 6 fully saturated rings. The lowest BCUT2D eigenvalue weighted by Crippen LogP contribution is -2.58. The van der Waals surface area contributed by atoms with Crippen molar-refractivity contribution in [1.82, 2.24) is 10.6 Å². The van der Waals surface area contributed by atoms with Gasteiger partial charge in [-0.3, -0.25) is 9.59 Å². The maximum Gasteiger partial charge on any atom is 0.360 e. The second-order valence-corrected chi connectivity index (χ2v) is 24.8. The van der Waals surface area contributed by atoms with Crippen LogP contribution >= 0.6 is 0 Å². The van der Waals surface area contributed by atoms with Crippen molar-refractivity contribution < 1.29 is 38.1 Å². The number of anilines is 2. The Bertz CT molecular complexity index is 3540. The Morgan fingerprint density at radius 3 is 1.67 bits per heavy atom. The number of hydrogen-bond donors (Lipinski definition) is 6. The molecule has 6 aliphatic carbocycles. The molecule has 81 heavy (non-hydrogen) atoms. The van der Waals surface area contributed by atoms with Crippen LogP contribution in [0.15, 0.2) is 108 Å². The Hall–Kier alpha value is -7.16. The van der Waals surface area contributed by atoms with Gasteiger partial charge in [-0.05, 0) is 258 Å². The molecule has 6 aliphatic rings. The number of rotatable bonds is 22. The molecule has 6 aromatic rings. The van der Waals surface area contributed by atoms with Crippen molar-refractivity contribution in [2.24, 2.45) is 23.7 Å². The number of allylic oxidation sites excluding steroid dienone is 4. The summed E-state index contributed by atoms with van der Waals surface area (Å²) < 4.78 is 24.0. The van der Waals surface area contributed by atoms with Gasteiger partial charge in [0.2, 0.25) is 0 Å². The largest absolute Gasteiger partial charge is 0.508 e. The number of aryl methyl sites for hydroxylation is 2. The molecular weight excluding hydrogens is 1020 g/mol. The van der Waals surface area contributed by atoms with E-state index in [0.717, 1.165) is 60.7 Å². The molecule has 0 unspecified atom stereocenters. The van der Waals surface area contributed by atoms with Crippen LogP contribution in [0.3, 0.4) is 0 Å². The second-order valence-electron chi connectivity index (χ2n) is 24.8. The van der Waals surface area contributed by atoms with Gasteiger partial charge in [0.15, 0.2) is 0 Å². The van der Waals surface area contributed by atoms with Gasteiger partial charge < -0.3 is 49.8 Å². The van der Waals surface area contributed by atoms with Crippen LogP contribution in [-0.2, 0) is 19.3 Å². The van der Waals surface area contributed by atoms with E-state index in [2.05, 4.69) is 21.3 Å². The molecule has 0 spiro atoms. The average molecular weight is 1100 g/mol. The molecule has 14 nitrogen and oxygen atoms in total. The number of hydrogen-bond acceptors (Lipinski definition) is 12. The van der Waals surface area contributed by atoms with Crippen LogP contribution in [0.1, 0.15) is 153 Å². The second kappa shape index (κ2) is 23.4. The molecule has 0 saturated heterocycles. The van der Waals surface area contributed by atoms with Gasteiger partial charge in [-0.1, -0.05) is 23.3 Å². The lowest BCUT2D eigenvalue weighted by Gasteiger charge is -2.57. The van der Waals surface area contributed by atoms with Crippen molar-refractivity contribution in [3.05, 3.63) is 150 Å². The molecular formula is C67H78N4O10. The zero-order valence-electron chi connectivity index (χ0n) is 47.6. The summed E-state index contributed by atoms with van der Waals surface area (Å²) in [5, 5.41) is 37.0. The Balaban J connectivity index is 0.711. The summed E-state index contributed by atoms with van der Waals surface area (Å²) in [5.41, 5.74) is 5.20. The summed E-state index contributed by atoms with van der Waals surface area (Å²) in [4.78, 5) is 54.4. The van der Waals surface area contributed by atoms with E-state index in [1.54, 1.807) is 30.3 Å². The van der Waals surface area contributed by atoms with E-state index < -0.39 is 23.1 Å². The molecule has 6 bridgehead atoms. The first-order valence-corrected chi connectivity index (χ1v) is 29.5. The molecule has 6 N–H and O–H groups in total. The van der Waals surface area contributed by atoms with Crippen LogP contribution in [0.2, 0.25) is 0 Å². The van der Waals surface area contributed by atoms with Crippen molar-refractivity contribution in [2.75, 3.05) is 36.9 Å². The standard InChI is InChI=1S/C67H78N4O10/c1-39(2)8-10-48-31-53(63(75)71-55-34-50-14-17-58(42(5)61(50)81-65(55)77)79-25-7-23-69-67-36-44-27-45(37-67)29-46(28-44)38-67)32-52(59(48)73)26-40(3)9-11-47-30-51(12-15-56(47)72)62(74)70-54-33-49-13-16-57(41(4)60(49)80-64(54)76)78-24-6-22-68-66-20-18-43(35-66)19-21-66/h8-9,12-17,30-34,43-46,68-69,72-73H,6-7,10-11,18-29,35-38H2,1-5H3,(H,70,74)(H,71,75)/b40-9+. The van der Waals surface area contributed by atoms with Crippen molar-refractivity contribution in [3.8, 4) is 23.0 Å². The monoisotopic (exact) mass is 1100 g/mol. The number of benzene rings is 4. The minimum atomic E-state index is -0.702. The zero-order chi connectivity index (χ0) is 56.6. The van der Waals surface area contributed by atoms with Gasteiger partial charge in [-0.2, -0.15) is 0 Å². The Kier molecular flexibility index (Phi) is 16.1. The summed E-state index contributed by atoms with van der Waals surface area (Å²) in [6.07, 6.45) is 21.1. The van der Waals surface area contributed by atoms with E-state index in [9.17, 15) is 29.4 Å². The maximum atomic E-state index is 14.0. The zero-order valence-corrected chi connectivity index (χ0v) is 47.6. The van der Waals surface area contributed by atoms with Gasteiger partial charge in [0.25, 0.3) is 11.8 Å². The van der Waals surface area contributed by atoms with E-state index in [1.807, 2.05) is 71.0 Å². The van der Waals surface area contributed by atoms with Crippen molar-refractivity contribution >= 4 is 45.1 Å². The van der Waals surface area contributed by atoms with Gasteiger partial charge in [0.1, 0.15) is 45.5 Å². The highest BCUT2D eigenvalue weighted by Gasteiger charge is 2.50. The first kappa shape index (κ1) is 55.7. The number of amides is 2. The number of carbonyl (C=O) groups excluding carboxylic acids is 2. The molecule has 0 aliphatic heterocycles. The fourth-order valence-electron chi connectivity index (χ4n) is 14.5. The van der Waals surface area contributed by atoms with Gasteiger partial charge in [0, 0.05) is 44.1 Å². The molecule has 426 valence electrons. The fourth-order valence-corrected chi connectivity index (χ4v) is 14.5. The van der Waals surface area contributed by atoms with Gasteiger partial charge >= 0.3 is 11.3 Å². The van der Waals surface area contributed by atoms with Crippen LogP contribution in [-0.4, -0.2) is 59.4 Å². The number of ether oxygens (including phenoxy) is 2. The van der Waals surface area contributed by atoms with Crippen LogP contribution in [0.4, 0.5) is 11.4 Å². The molecule has 0 atom stereocenters. The van der Waals surface area contributed by atoms with Gasteiger partial charge in [-0.25, -0.2) is 9.59 Å². The highest BCUT2D eigenvalue weighted by molar-refractivity contribution is 6.06. The van der Waals surface area contributed by atoms with Crippen LogP contribution < -0.4 is 42.0 Å². The summed E-state index contributed by atoms with van der Waals surface area (Å²) in [6, 6.07) is 18.3. The SMILES string of the molecule is CC(C)=CCc1cc(C(=O)Nc2cc3ccc(OCCCNC45CC6CC(CC(C6)C4)C5)c(C)c3oc2=O)cc(C/C(C)=C/Cc2cc(C(=O)Nc3cc4ccc(OCCCNC56CCC(CC5)C6)c(C)c4oc3=O)ccc2O)c1O. The summed E-state index contributed by atoms with van der Waals surface area (Å²) >= 11 is 0. The number of phenols is 2. The van der Waals surface area contributed by atoms with E-state index >= 15 is 0 Å². The predicted octanol–water partition coefficient (Wildman–Crippen LogP) is 12.7. The Morgan fingerprint density at radius 2 is 1.12 bits per heavy atom. The smallest absolute Gasteiger partial charge is 0.360 e. The van der Waals surface area contributed by atoms with Gasteiger partial charge in [0.05, 0.1) is 13.2 Å². The van der Waals surface area contributed by atoms with Crippen molar-refractivity contribution in [2.45, 2.75) is 148 Å². The minimum absolute atomic E-state index is 0.0158. The molecule has 2 amide bonds. The quantitative estimate of drug-likeness (QED) is 0.0214. The first-order chi connectivity index (χ1) is 39.0. The van der Waals surface area contributed by atoms with E-state index in [-0.39, 0.29) is 46.8 Å². The molecule has 6 saturated carbocycles. The number of fused-ring (bicyclic) bond motifs is 4. The van der Waals surface area contributed by atoms with Crippen molar-refractivity contribution in [3.63, 3.8) is 0 Å². The average Bonchev–Trinajstić information content (AvgIpc) is 4.18. The normalized spacial score (nSPS) is 22.6. The molecule has 4 aromatic carbocycles. The Morgan fingerprint density at radius 1 is 0.617 bits per heavy atom. The molecule has 2 aromatic heterocycles. The maximum absolute atomic E-state index is 14.0. The molecule has 2 heterocycles. The lowest BCUT2D eigenvalue weighted by molar-refractivity contribution is -0.0198. The van der Waals surface area contributed by atoms with E-state index in [0.29, 0.717) is 92.0 Å². The third-order valence-corrected chi connectivity index (χ3v) is 18.4. The highest BCUT2D eigenvalue weighted by Crippen LogP contribution is 2.55. The van der Waals surface area contributed by atoms with Crippen molar-refractivity contribution in [1.29, 1.82) is 0 Å². The number of nitrogens with one attached hydrogen (secondary N) is 4. The van der Waals surface area contributed by atoms with Crippen LogP contribution in [0.25, 0.3) is 21.9 Å². The third-order valence-electron chi connectivity index (χ3n) is 18.4. The number of carbonyl (C=O) groups is 2. The number of aromatic hydroxyl groups is 2. The molecule has 14 heteroatoms. The van der Waals surface area contributed by atoms with Crippen LogP contribution in [0.5, 0.6) is 23.0 Å². The molecule has 12 rings (SSSR count). The lowest BCUT2D eigenvalue weighted by atomic mass is 9.53. The summed E-state index contributed by atoms with van der Waals surface area (Å²) in [7, 11) is 0. The molecule has 0 radical (unpaired) electrons. The van der Waals surface area contributed by atoms with Crippen LogP contribution in [0, 0.1) is 37.5 Å². The van der Waals surface area contributed by atoms with E-state index in [1.165, 1.54) is 82.8 Å². The highest BCUT2D eigenvalue weighted by atomic mass is 16.5. The Labute approximate surface area is 473 Å². The topological polar surface area (TPSA) is 202 Å². The minimum Gasteiger partial charge on any atom is -0.508 e. The van der Waals surface area contributed by atoms with Gasteiger partial charge in [-0.15, -0.1) is 0 Å². The fraction of sp³-hybridized carbons (Fsp3) is 0.463. The third kappa shape index (κ3) is 12.4. The van der Waals surface area contributed by atoms with E-state index in [4.69, 9.17) is 18.3 Å².